The second-order valence-electron chi connectivity index (χ2n) is 4.60. The van der Waals surface area contributed by atoms with Gasteiger partial charge in [0.25, 0.3) is 11.6 Å². The number of nitro groups is 1. The quantitative estimate of drug-likeness (QED) is 0.398. The number of carbonyl (C=O) groups excluding carboxylic acids is 1. The van der Waals surface area contributed by atoms with Crippen molar-refractivity contribution in [2.45, 2.75) is 19.9 Å². The number of amides is 1. The van der Waals surface area contributed by atoms with Crippen LogP contribution in [0.25, 0.3) is 0 Å². The molecule has 3 N–H and O–H groups in total. The van der Waals surface area contributed by atoms with E-state index in [0.717, 1.165) is 0 Å². The first-order chi connectivity index (χ1) is 9.45. The molecule has 0 atom stereocenters. The number of nitro benzene ring substituents is 1. The Hall–Kier alpha value is -2.15. The highest BCUT2D eigenvalue weighted by Gasteiger charge is 2.16. The van der Waals surface area contributed by atoms with Gasteiger partial charge in [-0.05, 0) is 12.1 Å². The van der Waals surface area contributed by atoms with Crippen LogP contribution in [0.4, 0.5) is 11.4 Å². The van der Waals surface area contributed by atoms with Crippen molar-refractivity contribution in [2.24, 2.45) is 0 Å². The van der Waals surface area contributed by atoms with Gasteiger partial charge in [0.2, 0.25) is 0 Å². The maximum absolute atomic E-state index is 11.5. The Balaban J connectivity index is 2.83. The van der Waals surface area contributed by atoms with Gasteiger partial charge in [0, 0.05) is 37.8 Å². The lowest BCUT2D eigenvalue weighted by Crippen LogP contribution is -2.28. The third-order valence-electron chi connectivity index (χ3n) is 2.68. The average Bonchev–Trinajstić information content (AvgIpc) is 2.42. The minimum absolute atomic E-state index is 0.0396. The molecule has 0 fully saturated rings. The minimum Gasteiger partial charge on any atom is -0.378 e. The summed E-state index contributed by atoms with van der Waals surface area (Å²) in [5, 5.41) is 19.6. The van der Waals surface area contributed by atoms with Gasteiger partial charge < -0.3 is 16.0 Å². The molecule has 7 heteroatoms. The normalized spacial score (nSPS) is 10.4. The number of nitrogens with one attached hydrogen (secondary N) is 3. The fourth-order valence-electron chi connectivity index (χ4n) is 1.68. The lowest BCUT2D eigenvalue weighted by Gasteiger charge is -2.11. The van der Waals surface area contributed by atoms with E-state index in [4.69, 9.17) is 0 Å². The zero-order chi connectivity index (χ0) is 15.1. The Morgan fingerprint density at radius 2 is 2.05 bits per heavy atom. The van der Waals surface area contributed by atoms with Crippen LogP contribution in [0.1, 0.15) is 24.2 Å². The van der Waals surface area contributed by atoms with E-state index in [0.29, 0.717) is 30.4 Å². The van der Waals surface area contributed by atoms with E-state index in [1.54, 1.807) is 0 Å². The highest BCUT2D eigenvalue weighted by Crippen LogP contribution is 2.25. The average molecular weight is 280 g/mol. The molecule has 0 aliphatic carbocycles. The molecule has 0 aliphatic heterocycles. The maximum atomic E-state index is 11.5. The topological polar surface area (TPSA) is 96.3 Å². The zero-order valence-electron chi connectivity index (χ0n) is 11.9. The van der Waals surface area contributed by atoms with Gasteiger partial charge >= 0.3 is 0 Å². The van der Waals surface area contributed by atoms with E-state index in [-0.39, 0.29) is 11.6 Å². The smallest absolute Gasteiger partial charge is 0.292 e. The van der Waals surface area contributed by atoms with Crippen molar-refractivity contribution in [2.75, 3.05) is 25.5 Å². The maximum Gasteiger partial charge on any atom is 0.292 e. The molecule has 0 unspecified atom stereocenters. The van der Waals surface area contributed by atoms with Crippen molar-refractivity contribution in [3.8, 4) is 0 Å². The van der Waals surface area contributed by atoms with Crippen LogP contribution in [-0.2, 0) is 0 Å². The van der Waals surface area contributed by atoms with Crippen molar-refractivity contribution in [3.05, 3.63) is 33.9 Å². The van der Waals surface area contributed by atoms with Gasteiger partial charge in [0.15, 0.2) is 0 Å². The summed E-state index contributed by atoms with van der Waals surface area (Å²) in [4.78, 5) is 22.0. The van der Waals surface area contributed by atoms with E-state index in [9.17, 15) is 14.9 Å². The molecule has 0 bridgehead atoms. The van der Waals surface area contributed by atoms with Gasteiger partial charge in [0.1, 0.15) is 5.69 Å². The molecule has 0 spiro atoms. The summed E-state index contributed by atoms with van der Waals surface area (Å²) in [7, 11) is 1.52. The third kappa shape index (κ3) is 4.51. The van der Waals surface area contributed by atoms with Crippen LogP contribution in [0, 0.1) is 10.1 Å². The molecule has 0 aromatic heterocycles. The van der Waals surface area contributed by atoms with Crippen LogP contribution in [0.2, 0.25) is 0 Å². The van der Waals surface area contributed by atoms with Gasteiger partial charge in [-0.25, -0.2) is 0 Å². The number of anilines is 1. The first-order valence-corrected chi connectivity index (χ1v) is 6.43. The second kappa shape index (κ2) is 7.44. The summed E-state index contributed by atoms with van der Waals surface area (Å²) >= 11 is 0. The molecule has 0 aliphatic rings. The Labute approximate surface area is 117 Å². The predicted octanol–water partition coefficient (Wildman–Crippen LogP) is 1.36. The van der Waals surface area contributed by atoms with Crippen LogP contribution in [0.5, 0.6) is 0 Å². The van der Waals surface area contributed by atoms with Crippen LogP contribution >= 0.6 is 0 Å². The minimum atomic E-state index is -0.466. The molecular formula is C13H20N4O3. The molecule has 1 aromatic carbocycles. The monoisotopic (exact) mass is 280 g/mol. The molecule has 110 valence electrons. The molecule has 0 saturated carbocycles. The zero-order valence-corrected chi connectivity index (χ0v) is 11.9. The summed E-state index contributed by atoms with van der Waals surface area (Å²) < 4.78 is 0. The summed E-state index contributed by atoms with van der Waals surface area (Å²) in [6, 6.07) is 4.62. The first kappa shape index (κ1) is 15.9. The van der Waals surface area contributed by atoms with Gasteiger partial charge in [-0.1, -0.05) is 13.8 Å². The lowest BCUT2D eigenvalue weighted by molar-refractivity contribution is -0.384. The molecule has 0 heterocycles. The number of rotatable bonds is 7. The van der Waals surface area contributed by atoms with E-state index >= 15 is 0 Å². The third-order valence-corrected chi connectivity index (χ3v) is 2.68. The fraction of sp³-hybridized carbons (Fsp3) is 0.462. The van der Waals surface area contributed by atoms with Gasteiger partial charge in [-0.15, -0.1) is 0 Å². The summed E-state index contributed by atoms with van der Waals surface area (Å²) in [5.74, 6) is -0.275. The highest BCUT2D eigenvalue weighted by molar-refractivity contribution is 5.95. The van der Waals surface area contributed by atoms with Crippen molar-refractivity contribution >= 4 is 17.3 Å². The highest BCUT2D eigenvalue weighted by atomic mass is 16.6. The van der Waals surface area contributed by atoms with Gasteiger partial charge in [-0.2, -0.15) is 0 Å². The number of hydrogen-bond donors (Lipinski definition) is 3. The van der Waals surface area contributed by atoms with Crippen molar-refractivity contribution in [1.82, 2.24) is 10.6 Å². The lowest BCUT2D eigenvalue weighted by atomic mass is 10.1. The SMILES string of the molecule is CNC(=O)c1ccc([N+](=O)[O-])c(NCCNC(C)C)c1. The molecule has 1 rings (SSSR count). The number of hydrogen-bond acceptors (Lipinski definition) is 5. The van der Waals surface area contributed by atoms with Crippen molar-refractivity contribution in [3.63, 3.8) is 0 Å². The standard InChI is InChI=1S/C13H20N4O3/c1-9(2)15-6-7-16-11-8-10(13(18)14-3)4-5-12(11)17(19)20/h4-5,8-9,15-16H,6-7H2,1-3H3,(H,14,18). The molecule has 20 heavy (non-hydrogen) atoms. The summed E-state index contributed by atoms with van der Waals surface area (Å²) in [6.07, 6.45) is 0. The van der Waals surface area contributed by atoms with Crippen LogP contribution in [-0.4, -0.2) is 37.0 Å². The van der Waals surface area contributed by atoms with E-state index < -0.39 is 4.92 Å². The van der Waals surface area contributed by atoms with E-state index in [1.807, 2.05) is 13.8 Å². The molecule has 0 radical (unpaired) electrons. The first-order valence-electron chi connectivity index (χ1n) is 6.43. The molecule has 1 aromatic rings. The van der Waals surface area contributed by atoms with E-state index in [2.05, 4.69) is 16.0 Å². The second-order valence-corrected chi connectivity index (χ2v) is 4.60. The largest absolute Gasteiger partial charge is 0.378 e. The van der Waals surface area contributed by atoms with Crippen molar-refractivity contribution < 1.29 is 9.72 Å². The van der Waals surface area contributed by atoms with Crippen LogP contribution in [0.3, 0.4) is 0 Å². The number of benzene rings is 1. The molecule has 0 saturated heterocycles. The van der Waals surface area contributed by atoms with Gasteiger partial charge in [-0.3, -0.25) is 14.9 Å². The fourth-order valence-corrected chi connectivity index (χ4v) is 1.68. The molecule has 1 amide bonds. The van der Waals surface area contributed by atoms with E-state index in [1.165, 1.54) is 25.2 Å². The Kier molecular flexibility index (Phi) is 5.92. The van der Waals surface area contributed by atoms with Crippen LogP contribution in [0.15, 0.2) is 18.2 Å². The number of nitrogens with zero attached hydrogens (tertiary/aromatic N) is 1. The Morgan fingerprint density at radius 3 is 2.60 bits per heavy atom. The van der Waals surface area contributed by atoms with Gasteiger partial charge in [0.05, 0.1) is 4.92 Å². The number of carbonyl (C=O) groups is 1. The summed E-state index contributed by atoms with van der Waals surface area (Å²) in [5.41, 5.74) is 0.696. The van der Waals surface area contributed by atoms with Crippen molar-refractivity contribution in [1.29, 1.82) is 0 Å². The predicted molar refractivity (Wildman–Crippen MR) is 78.1 cm³/mol. The summed E-state index contributed by atoms with van der Waals surface area (Å²) in [6.45, 7) is 5.26. The Bertz CT molecular complexity index is 489. The molecular weight excluding hydrogens is 260 g/mol. The molecule has 7 nitrogen and oxygen atoms in total. The van der Waals surface area contributed by atoms with Crippen LogP contribution < -0.4 is 16.0 Å². The Morgan fingerprint density at radius 1 is 1.35 bits per heavy atom.